The first-order chi connectivity index (χ1) is 8.24. The van der Waals surface area contributed by atoms with Crippen LogP contribution in [0.3, 0.4) is 0 Å². The number of rotatable bonds is 4. The average molecular weight is 289 g/mol. The summed E-state index contributed by atoms with van der Waals surface area (Å²) in [4.78, 5) is 1.30. The Morgan fingerprint density at radius 2 is 2.18 bits per heavy atom. The standard InChI is InChI=1S/C12H17ClN2S2/c13-11-6-5-10(17-11)7-8-14-12(16)15-9-3-1-2-4-9/h5-6,9H,1-4,7-8H2,(H2,14,15,16). The zero-order chi connectivity index (χ0) is 12.1. The first kappa shape index (κ1) is 13.1. The molecular formula is C12H17ClN2S2. The van der Waals surface area contributed by atoms with Gasteiger partial charge in [-0.2, -0.15) is 0 Å². The minimum Gasteiger partial charge on any atom is -0.362 e. The summed E-state index contributed by atoms with van der Waals surface area (Å²) in [5.74, 6) is 0. The van der Waals surface area contributed by atoms with Gasteiger partial charge in [0.05, 0.1) is 4.34 Å². The smallest absolute Gasteiger partial charge is 0.166 e. The summed E-state index contributed by atoms with van der Waals surface area (Å²) in [5, 5.41) is 7.41. The third-order valence-corrected chi connectivity index (χ3v) is 4.53. The van der Waals surface area contributed by atoms with Gasteiger partial charge in [0, 0.05) is 17.5 Å². The summed E-state index contributed by atoms with van der Waals surface area (Å²) in [6, 6.07) is 4.60. The van der Waals surface area contributed by atoms with Crippen LogP contribution < -0.4 is 10.6 Å². The first-order valence-corrected chi connectivity index (χ1v) is 7.63. The Morgan fingerprint density at radius 3 is 2.82 bits per heavy atom. The monoisotopic (exact) mass is 288 g/mol. The summed E-state index contributed by atoms with van der Waals surface area (Å²) in [6.45, 7) is 0.870. The van der Waals surface area contributed by atoms with Crippen molar-refractivity contribution in [2.75, 3.05) is 6.54 Å². The maximum Gasteiger partial charge on any atom is 0.166 e. The highest BCUT2D eigenvalue weighted by molar-refractivity contribution is 7.80. The van der Waals surface area contributed by atoms with Gasteiger partial charge in [0.15, 0.2) is 5.11 Å². The van der Waals surface area contributed by atoms with E-state index in [2.05, 4.69) is 16.7 Å². The third-order valence-electron chi connectivity index (χ3n) is 2.98. The Bertz CT molecular complexity index is 372. The lowest BCUT2D eigenvalue weighted by molar-refractivity contribution is 0.621. The maximum atomic E-state index is 5.88. The first-order valence-electron chi connectivity index (χ1n) is 6.02. The van der Waals surface area contributed by atoms with Crippen LogP contribution >= 0.6 is 35.2 Å². The van der Waals surface area contributed by atoms with Gasteiger partial charge >= 0.3 is 0 Å². The van der Waals surface area contributed by atoms with Crippen LogP contribution in [0.2, 0.25) is 4.34 Å². The van der Waals surface area contributed by atoms with Gasteiger partial charge in [-0.25, -0.2) is 0 Å². The molecule has 0 amide bonds. The van der Waals surface area contributed by atoms with E-state index in [1.165, 1.54) is 30.6 Å². The van der Waals surface area contributed by atoms with Gasteiger partial charge in [0.25, 0.3) is 0 Å². The summed E-state index contributed by atoms with van der Waals surface area (Å²) in [6.07, 6.45) is 6.14. The number of thiophene rings is 1. The van der Waals surface area contributed by atoms with Crippen LogP contribution in [0, 0.1) is 0 Å². The molecule has 0 aliphatic heterocycles. The number of nitrogens with one attached hydrogen (secondary N) is 2. The molecule has 2 nitrogen and oxygen atoms in total. The van der Waals surface area contributed by atoms with Crippen molar-refractivity contribution in [3.8, 4) is 0 Å². The molecule has 1 saturated carbocycles. The molecule has 17 heavy (non-hydrogen) atoms. The van der Waals surface area contributed by atoms with Crippen LogP contribution in [0.25, 0.3) is 0 Å². The zero-order valence-electron chi connectivity index (χ0n) is 9.67. The fourth-order valence-electron chi connectivity index (χ4n) is 2.09. The van der Waals surface area contributed by atoms with Gasteiger partial charge in [-0.1, -0.05) is 24.4 Å². The molecule has 0 atom stereocenters. The number of halogens is 1. The second-order valence-electron chi connectivity index (χ2n) is 4.34. The summed E-state index contributed by atoms with van der Waals surface area (Å²) in [5.41, 5.74) is 0. The Hall–Kier alpha value is -0.320. The lowest BCUT2D eigenvalue weighted by atomic mass is 10.2. The number of hydrogen-bond donors (Lipinski definition) is 2. The van der Waals surface area contributed by atoms with Crippen LogP contribution in [-0.4, -0.2) is 17.7 Å². The molecule has 0 radical (unpaired) electrons. The fraction of sp³-hybridized carbons (Fsp3) is 0.583. The summed E-state index contributed by atoms with van der Waals surface area (Å²) < 4.78 is 0.853. The molecule has 0 spiro atoms. The number of thiocarbonyl (C=S) groups is 1. The highest BCUT2D eigenvalue weighted by Gasteiger charge is 2.14. The van der Waals surface area contributed by atoms with E-state index in [-0.39, 0.29) is 0 Å². The highest BCUT2D eigenvalue weighted by atomic mass is 35.5. The second-order valence-corrected chi connectivity index (χ2v) is 6.55. The molecule has 1 fully saturated rings. The number of hydrogen-bond acceptors (Lipinski definition) is 2. The molecule has 1 aliphatic rings. The minimum absolute atomic E-state index is 0.589. The molecule has 1 heterocycles. The van der Waals surface area contributed by atoms with Crippen molar-refractivity contribution in [2.45, 2.75) is 38.1 Å². The predicted molar refractivity (Wildman–Crippen MR) is 79.0 cm³/mol. The largest absolute Gasteiger partial charge is 0.362 e. The van der Waals surface area contributed by atoms with E-state index in [1.807, 2.05) is 6.07 Å². The molecule has 0 aromatic carbocycles. The fourth-order valence-corrected chi connectivity index (χ4v) is 3.45. The van der Waals surface area contributed by atoms with Crippen LogP contribution in [0.4, 0.5) is 0 Å². The van der Waals surface area contributed by atoms with Gasteiger partial charge in [-0.15, -0.1) is 11.3 Å². The normalized spacial score (nSPS) is 16.1. The van der Waals surface area contributed by atoms with Crippen molar-refractivity contribution in [1.82, 2.24) is 10.6 Å². The average Bonchev–Trinajstić information content (AvgIpc) is 2.90. The van der Waals surface area contributed by atoms with Crippen LogP contribution in [0.15, 0.2) is 12.1 Å². The van der Waals surface area contributed by atoms with E-state index in [0.717, 1.165) is 22.4 Å². The third kappa shape index (κ3) is 4.45. The van der Waals surface area contributed by atoms with Crippen molar-refractivity contribution in [3.63, 3.8) is 0 Å². The quantitative estimate of drug-likeness (QED) is 0.831. The molecule has 2 N–H and O–H groups in total. The Balaban J connectivity index is 1.62. The summed E-state index contributed by atoms with van der Waals surface area (Å²) in [7, 11) is 0. The molecule has 1 aliphatic carbocycles. The molecular weight excluding hydrogens is 272 g/mol. The zero-order valence-corrected chi connectivity index (χ0v) is 12.1. The molecule has 0 unspecified atom stereocenters. The Labute approximate surface area is 117 Å². The molecule has 5 heteroatoms. The lowest BCUT2D eigenvalue weighted by Crippen LogP contribution is -2.41. The van der Waals surface area contributed by atoms with E-state index in [4.69, 9.17) is 23.8 Å². The molecule has 0 saturated heterocycles. The SMILES string of the molecule is S=C(NCCc1ccc(Cl)s1)NC1CCCC1. The van der Waals surface area contributed by atoms with E-state index in [1.54, 1.807) is 11.3 Å². The molecule has 1 aromatic heterocycles. The Morgan fingerprint density at radius 1 is 1.41 bits per heavy atom. The molecule has 94 valence electrons. The van der Waals surface area contributed by atoms with Crippen molar-refractivity contribution >= 4 is 40.3 Å². The van der Waals surface area contributed by atoms with Crippen molar-refractivity contribution in [1.29, 1.82) is 0 Å². The summed E-state index contributed by atoms with van der Waals surface area (Å²) >= 11 is 12.8. The van der Waals surface area contributed by atoms with Gasteiger partial charge in [0.1, 0.15) is 0 Å². The van der Waals surface area contributed by atoms with Crippen LogP contribution in [0.1, 0.15) is 30.6 Å². The highest BCUT2D eigenvalue weighted by Crippen LogP contribution is 2.21. The van der Waals surface area contributed by atoms with Crippen LogP contribution in [0.5, 0.6) is 0 Å². The molecule has 2 rings (SSSR count). The maximum absolute atomic E-state index is 5.88. The van der Waals surface area contributed by atoms with Gasteiger partial charge in [-0.05, 0) is 43.6 Å². The topological polar surface area (TPSA) is 24.1 Å². The van der Waals surface area contributed by atoms with E-state index < -0.39 is 0 Å². The molecule has 0 bridgehead atoms. The molecule has 1 aromatic rings. The second kappa shape index (κ2) is 6.57. The van der Waals surface area contributed by atoms with E-state index in [9.17, 15) is 0 Å². The lowest BCUT2D eigenvalue weighted by Gasteiger charge is -2.15. The minimum atomic E-state index is 0.589. The Kier molecular flexibility index (Phi) is 5.07. The van der Waals surface area contributed by atoms with Gasteiger partial charge < -0.3 is 10.6 Å². The van der Waals surface area contributed by atoms with E-state index in [0.29, 0.717) is 6.04 Å². The van der Waals surface area contributed by atoms with E-state index >= 15 is 0 Å². The van der Waals surface area contributed by atoms with Gasteiger partial charge in [0.2, 0.25) is 0 Å². The van der Waals surface area contributed by atoms with Crippen molar-refractivity contribution in [3.05, 3.63) is 21.3 Å². The van der Waals surface area contributed by atoms with Gasteiger partial charge in [-0.3, -0.25) is 0 Å². The van der Waals surface area contributed by atoms with Crippen molar-refractivity contribution in [2.24, 2.45) is 0 Å². The van der Waals surface area contributed by atoms with Crippen LogP contribution in [-0.2, 0) is 6.42 Å². The van der Waals surface area contributed by atoms with Crippen molar-refractivity contribution < 1.29 is 0 Å². The predicted octanol–water partition coefficient (Wildman–Crippen LogP) is 3.35.